The van der Waals surface area contributed by atoms with E-state index in [1.165, 1.54) is 30.0 Å². The van der Waals surface area contributed by atoms with Gasteiger partial charge in [0.1, 0.15) is 29.3 Å². The summed E-state index contributed by atoms with van der Waals surface area (Å²) < 4.78 is 57.3. The van der Waals surface area contributed by atoms with Gasteiger partial charge in [-0.05, 0) is 44.9 Å². The first kappa shape index (κ1) is 26.5. The predicted molar refractivity (Wildman–Crippen MR) is 128 cm³/mol. The molecule has 1 fully saturated rings. The predicted octanol–water partition coefficient (Wildman–Crippen LogP) is 3.95. The van der Waals surface area contributed by atoms with Crippen molar-refractivity contribution in [2.75, 3.05) is 7.11 Å². The van der Waals surface area contributed by atoms with Crippen LogP contribution in [-0.2, 0) is 6.42 Å². The molecule has 200 valence electrons. The maximum absolute atomic E-state index is 13.3. The van der Waals surface area contributed by atoms with Crippen molar-refractivity contribution in [2.24, 2.45) is 0 Å². The van der Waals surface area contributed by atoms with Gasteiger partial charge in [-0.3, -0.25) is 4.79 Å². The molecule has 2 aromatic heterocycles. The second-order valence-corrected chi connectivity index (χ2v) is 9.41. The molecule has 9 nitrogen and oxygen atoms in total. The van der Waals surface area contributed by atoms with E-state index in [-0.39, 0.29) is 17.7 Å². The van der Waals surface area contributed by atoms with Crippen molar-refractivity contribution in [2.45, 2.75) is 71.1 Å². The maximum atomic E-state index is 13.3. The molecular formula is C25H29F3N4O5. The van der Waals surface area contributed by atoms with E-state index in [2.05, 4.69) is 20.1 Å². The first-order chi connectivity index (χ1) is 17.4. The SMILES string of the molecule is CCc1nc2c(-c3cc(OC)c(C(=O)NC4C[C@@H]4F)c(OC(F)F)c3)cnn2cc1O[C@H](C)C(C)(C)O. The summed E-state index contributed by atoms with van der Waals surface area (Å²) in [4.78, 5) is 17.4. The van der Waals surface area contributed by atoms with Crippen molar-refractivity contribution in [3.8, 4) is 28.4 Å². The van der Waals surface area contributed by atoms with Gasteiger partial charge in [0, 0.05) is 12.0 Å². The lowest BCUT2D eigenvalue weighted by Gasteiger charge is -2.27. The average Bonchev–Trinajstić information content (AvgIpc) is 3.35. The topological polar surface area (TPSA) is 107 Å². The van der Waals surface area contributed by atoms with E-state index < -0.39 is 42.2 Å². The minimum absolute atomic E-state index is 0.0317. The highest BCUT2D eigenvalue weighted by Gasteiger charge is 2.40. The van der Waals surface area contributed by atoms with E-state index >= 15 is 0 Å². The summed E-state index contributed by atoms with van der Waals surface area (Å²) in [5.74, 6) is -0.794. The fourth-order valence-corrected chi connectivity index (χ4v) is 3.69. The molecule has 0 bridgehead atoms. The first-order valence-corrected chi connectivity index (χ1v) is 11.8. The van der Waals surface area contributed by atoms with Crippen molar-refractivity contribution in [1.29, 1.82) is 0 Å². The number of alkyl halides is 3. The Labute approximate surface area is 211 Å². The number of ether oxygens (including phenoxy) is 3. The number of methoxy groups -OCH3 is 1. The quantitative estimate of drug-likeness (QED) is 0.415. The largest absolute Gasteiger partial charge is 0.496 e. The smallest absolute Gasteiger partial charge is 0.387 e. The van der Waals surface area contributed by atoms with Gasteiger partial charge in [-0.25, -0.2) is 13.9 Å². The molecule has 0 radical (unpaired) electrons. The van der Waals surface area contributed by atoms with Crippen molar-refractivity contribution in [1.82, 2.24) is 19.9 Å². The Morgan fingerprint density at radius 2 is 1.95 bits per heavy atom. The molecule has 1 saturated carbocycles. The average molecular weight is 523 g/mol. The zero-order chi connectivity index (χ0) is 27.1. The van der Waals surface area contributed by atoms with Crippen molar-refractivity contribution in [3.05, 3.63) is 35.8 Å². The number of aromatic nitrogens is 3. The highest BCUT2D eigenvalue weighted by molar-refractivity contribution is 6.01. The summed E-state index contributed by atoms with van der Waals surface area (Å²) >= 11 is 0. The second-order valence-electron chi connectivity index (χ2n) is 9.41. The zero-order valence-corrected chi connectivity index (χ0v) is 21.1. The van der Waals surface area contributed by atoms with Gasteiger partial charge in [-0.2, -0.15) is 13.9 Å². The standard InChI is InChI=1S/C25H29F3N4O5/c1-6-16-20(36-12(2)25(3,4)34)11-32-22(30-16)14(10-29-32)13-7-18(35-5)21(19(8-13)37-24(27)28)23(33)31-17-9-15(17)26/h7-8,10-12,15,17,24,34H,6,9H2,1-5H3,(H,31,33)/t12-,15+,17?/m1/s1. The number of amides is 1. The Balaban J connectivity index is 1.78. The van der Waals surface area contributed by atoms with Gasteiger partial charge >= 0.3 is 6.61 Å². The van der Waals surface area contributed by atoms with E-state index in [4.69, 9.17) is 9.47 Å². The summed E-state index contributed by atoms with van der Waals surface area (Å²) in [5.41, 5.74) is 0.476. The third kappa shape index (κ3) is 5.58. The Kier molecular flexibility index (Phi) is 7.22. The minimum Gasteiger partial charge on any atom is -0.496 e. The van der Waals surface area contributed by atoms with E-state index in [1.54, 1.807) is 27.0 Å². The fraction of sp³-hybridized carbons (Fsp3) is 0.480. The monoisotopic (exact) mass is 522 g/mol. The Morgan fingerprint density at radius 1 is 1.27 bits per heavy atom. The van der Waals surface area contributed by atoms with Crippen LogP contribution in [0.15, 0.2) is 24.5 Å². The molecule has 3 aromatic rings. The molecule has 1 aliphatic rings. The number of nitrogens with zero attached hydrogens (tertiary/aromatic N) is 3. The summed E-state index contributed by atoms with van der Waals surface area (Å²) in [6.07, 6.45) is 2.08. The third-order valence-corrected chi connectivity index (χ3v) is 6.24. The van der Waals surface area contributed by atoms with Crippen molar-refractivity contribution in [3.63, 3.8) is 0 Å². The van der Waals surface area contributed by atoms with Gasteiger partial charge < -0.3 is 24.6 Å². The number of halogens is 3. The van der Waals surface area contributed by atoms with Gasteiger partial charge in [0.15, 0.2) is 11.4 Å². The Hall–Kier alpha value is -3.54. The molecule has 12 heteroatoms. The molecule has 1 amide bonds. The van der Waals surface area contributed by atoms with Crippen molar-refractivity contribution < 1.29 is 37.3 Å². The lowest BCUT2D eigenvalue weighted by molar-refractivity contribution is -0.0502. The molecular weight excluding hydrogens is 493 g/mol. The number of hydrogen-bond acceptors (Lipinski definition) is 7. The number of fused-ring (bicyclic) bond motifs is 1. The molecule has 1 unspecified atom stereocenters. The van der Waals surface area contributed by atoms with Gasteiger partial charge in [0.05, 0.1) is 36.8 Å². The van der Waals surface area contributed by atoms with Crippen LogP contribution in [0.25, 0.3) is 16.8 Å². The number of carbonyl (C=O) groups is 1. The molecule has 3 atom stereocenters. The van der Waals surface area contributed by atoms with Gasteiger partial charge in [0.2, 0.25) is 0 Å². The number of hydrogen-bond donors (Lipinski definition) is 2. The molecule has 1 aromatic carbocycles. The molecule has 1 aliphatic carbocycles. The molecule has 0 aliphatic heterocycles. The van der Waals surface area contributed by atoms with Crippen molar-refractivity contribution >= 4 is 11.6 Å². The number of carbonyl (C=O) groups excluding carboxylic acids is 1. The number of benzene rings is 1. The van der Waals surface area contributed by atoms with Crippen LogP contribution < -0.4 is 19.5 Å². The van der Waals surface area contributed by atoms with Crippen LogP contribution in [0.4, 0.5) is 13.2 Å². The van der Waals surface area contributed by atoms with Gasteiger partial charge in [-0.1, -0.05) is 6.92 Å². The van der Waals surface area contributed by atoms with Crippen LogP contribution in [0.1, 0.15) is 50.2 Å². The number of aryl methyl sites for hydroxylation is 1. The van der Waals surface area contributed by atoms with E-state index in [1.807, 2.05) is 6.92 Å². The zero-order valence-electron chi connectivity index (χ0n) is 21.1. The molecule has 37 heavy (non-hydrogen) atoms. The lowest BCUT2D eigenvalue weighted by Crippen LogP contribution is -2.38. The molecule has 2 heterocycles. The minimum atomic E-state index is -3.22. The third-order valence-electron chi connectivity index (χ3n) is 6.24. The van der Waals surface area contributed by atoms with Crippen LogP contribution in [0.2, 0.25) is 0 Å². The normalized spacial score (nSPS) is 18.1. The molecule has 4 rings (SSSR count). The summed E-state index contributed by atoms with van der Waals surface area (Å²) in [6.45, 7) is 3.69. The molecule has 2 N–H and O–H groups in total. The van der Waals surface area contributed by atoms with Gasteiger partial charge in [0.25, 0.3) is 5.91 Å². The Morgan fingerprint density at radius 3 is 2.51 bits per heavy atom. The van der Waals surface area contributed by atoms with Crippen LogP contribution in [0, 0.1) is 0 Å². The molecule has 0 spiro atoms. The fourth-order valence-electron chi connectivity index (χ4n) is 3.69. The summed E-state index contributed by atoms with van der Waals surface area (Å²) in [7, 11) is 1.29. The van der Waals surface area contributed by atoms with Crippen LogP contribution >= 0.6 is 0 Å². The lowest BCUT2D eigenvalue weighted by atomic mass is 10.0. The highest BCUT2D eigenvalue weighted by atomic mass is 19.3. The molecule has 0 saturated heterocycles. The van der Waals surface area contributed by atoms with Crippen LogP contribution in [0.3, 0.4) is 0 Å². The first-order valence-electron chi connectivity index (χ1n) is 11.8. The van der Waals surface area contributed by atoms with Crippen LogP contribution in [0.5, 0.6) is 17.2 Å². The summed E-state index contributed by atoms with van der Waals surface area (Å²) in [6, 6.07) is 2.08. The number of aliphatic hydroxyl groups is 1. The van der Waals surface area contributed by atoms with Crippen LogP contribution in [-0.4, -0.2) is 63.3 Å². The highest BCUT2D eigenvalue weighted by Crippen LogP contribution is 2.38. The maximum Gasteiger partial charge on any atom is 0.387 e. The Bertz CT molecular complexity index is 1310. The summed E-state index contributed by atoms with van der Waals surface area (Å²) in [5, 5.41) is 17.0. The van der Waals surface area contributed by atoms with E-state index in [0.29, 0.717) is 34.6 Å². The second kappa shape index (κ2) is 10.1. The van der Waals surface area contributed by atoms with E-state index in [9.17, 15) is 23.1 Å². The number of nitrogens with one attached hydrogen (secondary N) is 1. The van der Waals surface area contributed by atoms with Gasteiger partial charge in [-0.15, -0.1) is 0 Å². The number of rotatable bonds is 10. The van der Waals surface area contributed by atoms with E-state index in [0.717, 1.165) is 0 Å².